The molecule has 2 aromatic rings. The lowest BCUT2D eigenvalue weighted by Crippen LogP contribution is -2.47. The van der Waals surface area contributed by atoms with Crippen LogP contribution in [0, 0.1) is 6.92 Å². The molecule has 0 radical (unpaired) electrons. The Morgan fingerprint density at radius 1 is 1.26 bits per heavy atom. The summed E-state index contributed by atoms with van der Waals surface area (Å²) in [5.74, 6) is 1.15. The molecule has 0 aliphatic carbocycles. The summed E-state index contributed by atoms with van der Waals surface area (Å²) in [6, 6.07) is 10.6. The molecule has 27 heavy (non-hydrogen) atoms. The van der Waals surface area contributed by atoms with Crippen molar-refractivity contribution in [2.24, 2.45) is 0 Å². The van der Waals surface area contributed by atoms with Gasteiger partial charge in [0.15, 0.2) is 0 Å². The molecule has 1 spiro atoms. The van der Waals surface area contributed by atoms with E-state index in [1.165, 1.54) is 0 Å². The average Bonchev–Trinajstić information content (AvgIpc) is 3.24. The predicted molar refractivity (Wildman–Crippen MR) is 106 cm³/mol. The quantitative estimate of drug-likeness (QED) is 0.901. The van der Waals surface area contributed by atoms with Crippen LogP contribution in [0.25, 0.3) is 11.1 Å². The number of likely N-dealkylation sites (N-methyl/N-ethyl adjacent to an activating group) is 1. The maximum atomic E-state index is 12.5. The van der Waals surface area contributed by atoms with E-state index in [2.05, 4.69) is 35.4 Å². The Bertz CT molecular complexity index is 866. The van der Waals surface area contributed by atoms with E-state index in [-0.39, 0.29) is 17.5 Å². The van der Waals surface area contributed by atoms with E-state index >= 15 is 0 Å². The van der Waals surface area contributed by atoms with Crippen LogP contribution in [0.2, 0.25) is 0 Å². The number of carbonyl (C=O) groups excluding carboxylic acids is 1. The lowest BCUT2D eigenvalue weighted by molar-refractivity contribution is -0.131. The van der Waals surface area contributed by atoms with Crippen molar-refractivity contribution in [3.8, 4) is 16.9 Å². The zero-order valence-corrected chi connectivity index (χ0v) is 16.3. The Labute approximate surface area is 160 Å². The number of hydrogen-bond acceptors (Lipinski definition) is 4. The topological polar surface area (TPSA) is 54.5 Å². The lowest BCUT2D eigenvalue weighted by Gasteiger charge is -2.23. The van der Waals surface area contributed by atoms with Crippen LogP contribution in [-0.2, 0) is 4.79 Å². The van der Waals surface area contributed by atoms with Gasteiger partial charge < -0.3 is 9.64 Å². The molecule has 4 rings (SSSR count). The van der Waals surface area contributed by atoms with Gasteiger partial charge in [-0.3, -0.25) is 15.1 Å². The molecular weight excluding hydrogens is 338 g/mol. The Morgan fingerprint density at radius 2 is 2.07 bits per heavy atom. The van der Waals surface area contributed by atoms with Crippen LogP contribution >= 0.6 is 0 Å². The maximum absolute atomic E-state index is 12.5. The van der Waals surface area contributed by atoms with E-state index in [1.54, 1.807) is 0 Å². The molecule has 142 valence electrons. The molecule has 2 saturated heterocycles. The first-order valence-corrected chi connectivity index (χ1v) is 9.75. The molecule has 5 nitrogen and oxygen atoms in total. The highest BCUT2D eigenvalue weighted by Crippen LogP contribution is 2.39. The van der Waals surface area contributed by atoms with Gasteiger partial charge in [-0.2, -0.15) is 0 Å². The highest BCUT2D eigenvalue weighted by molar-refractivity contribution is 5.88. The van der Waals surface area contributed by atoms with Crippen LogP contribution in [0.5, 0.6) is 5.75 Å². The highest BCUT2D eigenvalue weighted by atomic mass is 16.5. The summed E-state index contributed by atoms with van der Waals surface area (Å²) < 4.78 is 5.65. The number of nitrogens with one attached hydrogen (secondary N) is 1. The van der Waals surface area contributed by atoms with Gasteiger partial charge in [0.1, 0.15) is 11.3 Å². The van der Waals surface area contributed by atoms with E-state index in [0.717, 1.165) is 53.9 Å². The monoisotopic (exact) mass is 365 g/mol. The lowest BCUT2D eigenvalue weighted by atomic mass is 9.96. The van der Waals surface area contributed by atoms with Crippen LogP contribution in [0.3, 0.4) is 0 Å². The third-order valence-corrected chi connectivity index (χ3v) is 5.89. The molecule has 1 N–H and O–H groups in total. The molecule has 2 aliphatic rings. The van der Waals surface area contributed by atoms with Crippen molar-refractivity contribution in [1.82, 2.24) is 15.2 Å². The molecule has 3 heterocycles. The second kappa shape index (κ2) is 6.97. The van der Waals surface area contributed by atoms with Gasteiger partial charge in [0.2, 0.25) is 5.91 Å². The van der Waals surface area contributed by atoms with Gasteiger partial charge in [-0.25, -0.2) is 0 Å². The minimum absolute atomic E-state index is 0.129. The van der Waals surface area contributed by atoms with Gasteiger partial charge in [0.05, 0.1) is 18.3 Å². The van der Waals surface area contributed by atoms with Gasteiger partial charge in [0, 0.05) is 19.8 Å². The van der Waals surface area contributed by atoms with Crippen LogP contribution in [0.15, 0.2) is 36.5 Å². The second-order valence-corrected chi connectivity index (χ2v) is 7.68. The minimum Gasteiger partial charge on any atom is -0.494 e. The van der Waals surface area contributed by atoms with Crippen molar-refractivity contribution in [2.75, 3.05) is 20.2 Å². The summed E-state index contributed by atoms with van der Waals surface area (Å²) in [5, 5.41) is 3.60. The number of rotatable bonds is 4. The number of aryl methyl sites for hydroxylation is 1. The van der Waals surface area contributed by atoms with Crippen LogP contribution < -0.4 is 10.1 Å². The molecule has 5 heteroatoms. The van der Waals surface area contributed by atoms with Crippen molar-refractivity contribution in [1.29, 1.82) is 0 Å². The summed E-state index contributed by atoms with van der Waals surface area (Å²) in [7, 11) is 1.89. The van der Waals surface area contributed by atoms with E-state index in [4.69, 9.17) is 4.74 Å². The average molecular weight is 365 g/mol. The second-order valence-electron chi connectivity index (χ2n) is 7.68. The zero-order chi connectivity index (χ0) is 19.0. The summed E-state index contributed by atoms with van der Waals surface area (Å²) in [6.07, 6.45) is 4.58. The smallest absolute Gasteiger partial charge is 0.242 e. The normalized spacial score (nSPS) is 24.8. The zero-order valence-electron chi connectivity index (χ0n) is 16.3. The molecule has 0 saturated carbocycles. The third-order valence-electron chi connectivity index (χ3n) is 5.89. The predicted octanol–water partition coefficient (Wildman–Crippen LogP) is 3.48. The SMILES string of the molecule is CCOc1ccc(-c2ccnc([C@H]3CC[C@@]4(CCN(C)C4=O)N3)c2)cc1C. The van der Waals surface area contributed by atoms with E-state index < -0.39 is 0 Å². The number of amides is 1. The largest absolute Gasteiger partial charge is 0.494 e. The number of benzene rings is 1. The highest BCUT2D eigenvalue weighted by Gasteiger charge is 2.50. The van der Waals surface area contributed by atoms with Crippen molar-refractivity contribution in [3.63, 3.8) is 0 Å². The van der Waals surface area contributed by atoms with Gasteiger partial charge in [-0.1, -0.05) is 6.07 Å². The Morgan fingerprint density at radius 3 is 2.78 bits per heavy atom. The fourth-order valence-electron chi connectivity index (χ4n) is 4.35. The van der Waals surface area contributed by atoms with Crippen LogP contribution in [-0.4, -0.2) is 41.5 Å². The summed E-state index contributed by atoms with van der Waals surface area (Å²) in [5.41, 5.74) is 4.06. The number of pyridine rings is 1. The van der Waals surface area contributed by atoms with E-state index in [1.807, 2.05) is 37.2 Å². The first-order valence-electron chi connectivity index (χ1n) is 9.75. The fourth-order valence-corrected chi connectivity index (χ4v) is 4.35. The number of aromatic nitrogens is 1. The standard InChI is InChI=1S/C22H27N3O2/c1-4-27-20-6-5-16(13-15(20)2)17-8-11-23-19(14-17)18-7-9-22(24-18)10-12-25(3)21(22)26/h5-6,8,11,13-14,18,24H,4,7,9-10,12H2,1-3H3/t18-,22+/m1/s1. The maximum Gasteiger partial charge on any atom is 0.242 e. The van der Waals surface area contributed by atoms with Gasteiger partial charge in [-0.05, 0) is 74.1 Å². The first kappa shape index (κ1) is 18.0. The molecule has 0 bridgehead atoms. The number of ether oxygens (including phenoxy) is 1. The van der Waals surface area contributed by atoms with Gasteiger partial charge >= 0.3 is 0 Å². The summed E-state index contributed by atoms with van der Waals surface area (Å²) in [4.78, 5) is 19.0. The minimum atomic E-state index is -0.382. The van der Waals surface area contributed by atoms with Crippen molar-refractivity contribution in [3.05, 3.63) is 47.8 Å². The number of likely N-dealkylation sites (tertiary alicyclic amines) is 1. The third kappa shape index (κ3) is 3.21. The Balaban J connectivity index is 1.57. The fraction of sp³-hybridized carbons (Fsp3) is 0.455. The van der Waals surface area contributed by atoms with Gasteiger partial charge in [0.25, 0.3) is 0 Å². The Kier molecular flexibility index (Phi) is 4.64. The van der Waals surface area contributed by atoms with Crippen molar-refractivity contribution in [2.45, 2.75) is 44.7 Å². The summed E-state index contributed by atoms with van der Waals surface area (Å²) >= 11 is 0. The molecule has 2 fully saturated rings. The van der Waals surface area contributed by atoms with E-state index in [0.29, 0.717) is 6.61 Å². The van der Waals surface area contributed by atoms with Crippen LogP contribution in [0.1, 0.15) is 43.5 Å². The Hall–Kier alpha value is -2.40. The summed E-state index contributed by atoms with van der Waals surface area (Å²) in [6.45, 7) is 5.57. The number of nitrogens with zero attached hydrogens (tertiary/aromatic N) is 2. The van der Waals surface area contributed by atoms with Crippen molar-refractivity contribution >= 4 is 5.91 Å². The molecule has 2 aliphatic heterocycles. The van der Waals surface area contributed by atoms with Gasteiger partial charge in [-0.15, -0.1) is 0 Å². The molecular formula is C22H27N3O2. The number of hydrogen-bond donors (Lipinski definition) is 1. The van der Waals surface area contributed by atoms with Crippen LogP contribution in [0.4, 0.5) is 0 Å². The van der Waals surface area contributed by atoms with Crippen molar-refractivity contribution < 1.29 is 9.53 Å². The van der Waals surface area contributed by atoms with E-state index in [9.17, 15) is 4.79 Å². The number of carbonyl (C=O) groups is 1. The molecule has 1 aromatic heterocycles. The molecule has 1 amide bonds. The first-order chi connectivity index (χ1) is 13.0. The molecule has 0 unspecified atom stereocenters. The molecule has 1 aromatic carbocycles. The molecule has 2 atom stereocenters.